The Morgan fingerprint density at radius 1 is 1.50 bits per heavy atom. The predicted octanol–water partition coefficient (Wildman–Crippen LogP) is 1.78. The van der Waals surface area contributed by atoms with Gasteiger partial charge in [-0.2, -0.15) is 0 Å². The third-order valence-corrected chi connectivity index (χ3v) is 3.41. The van der Waals surface area contributed by atoms with E-state index in [1.54, 1.807) is 0 Å². The molecular weight excluding hydrogens is 261 g/mol. The first-order valence-corrected chi connectivity index (χ1v) is 5.84. The minimum Gasteiger partial charge on any atom is -0.481 e. The molecule has 2 N–H and O–H groups in total. The standard InChI is InChI=1S/C12H11ClFNO3/c13-9-2-1-6(14)5-8(9)7-3-4-15-11(16)10(7)12(17)18/h1-2,5,7,10H,3-4H2,(H,15,16)(H,17,18). The van der Waals surface area contributed by atoms with Crippen LogP contribution in [-0.2, 0) is 9.59 Å². The van der Waals surface area contributed by atoms with Crippen LogP contribution in [0.15, 0.2) is 18.2 Å². The number of carbonyl (C=O) groups is 2. The Hall–Kier alpha value is -1.62. The first-order chi connectivity index (χ1) is 8.50. The van der Waals surface area contributed by atoms with E-state index in [1.165, 1.54) is 18.2 Å². The summed E-state index contributed by atoms with van der Waals surface area (Å²) in [7, 11) is 0. The van der Waals surface area contributed by atoms with Crippen molar-refractivity contribution in [3.63, 3.8) is 0 Å². The van der Waals surface area contributed by atoms with Crippen LogP contribution in [-0.4, -0.2) is 23.5 Å². The number of nitrogens with one attached hydrogen (secondary N) is 1. The lowest BCUT2D eigenvalue weighted by molar-refractivity contribution is -0.149. The molecular formula is C12H11ClFNO3. The molecule has 1 aromatic carbocycles. The van der Waals surface area contributed by atoms with E-state index < -0.39 is 29.5 Å². The van der Waals surface area contributed by atoms with Gasteiger partial charge in [0, 0.05) is 17.5 Å². The molecule has 4 nitrogen and oxygen atoms in total. The molecule has 0 aromatic heterocycles. The van der Waals surface area contributed by atoms with Gasteiger partial charge >= 0.3 is 5.97 Å². The van der Waals surface area contributed by atoms with Crippen molar-refractivity contribution in [2.24, 2.45) is 5.92 Å². The zero-order chi connectivity index (χ0) is 13.3. The number of halogens is 2. The molecule has 1 fully saturated rings. The van der Waals surface area contributed by atoms with Crippen molar-refractivity contribution in [2.45, 2.75) is 12.3 Å². The molecule has 2 atom stereocenters. The predicted molar refractivity (Wildman–Crippen MR) is 62.9 cm³/mol. The number of aliphatic carboxylic acids is 1. The Kier molecular flexibility index (Phi) is 3.52. The van der Waals surface area contributed by atoms with Crippen LogP contribution in [0.3, 0.4) is 0 Å². The average Bonchev–Trinajstić information content (AvgIpc) is 2.31. The summed E-state index contributed by atoms with van der Waals surface area (Å²) in [6, 6.07) is 3.77. The van der Waals surface area contributed by atoms with Crippen LogP contribution in [0, 0.1) is 11.7 Å². The van der Waals surface area contributed by atoms with E-state index in [2.05, 4.69) is 5.32 Å². The van der Waals surface area contributed by atoms with Crippen LogP contribution >= 0.6 is 11.6 Å². The zero-order valence-corrected chi connectivity index (χ0v) is 10.1. The van der Waals surface area contributed by atoms with Gasteiger partial charge in [0.15, 0.2) is 0 Å². The minimum absolute atomic E-state index is 0.280. The topological polar surface area (TPSA) is 66.4 Å². The lowest BCUT2D eigenvalue weighted by Crippen LogP contribution is -2.44. The summed E-state index contributed by atoms with van der Waals surface area (Å²) < 4.78 is 13.2. The van der Waals surface area contributed by atoms with E-state index in [1.807, 2.05) is 0 Å². The van der Waals surface area contributed by atoms with Crippen LogP contribution in [0.25, 0.3) is 0 Å². The molecule has 2 rings (SSSR count). The van der Waals surface area contributed by atoms with Crippen molar-refractivity contribution in [1.82, 2.24) is 5.32 Å². The Labute approximate surface area is 108 Å². The van der Waals surface area contributed by atoms with Gasteiger partial charge in [-0.25, -0.2) is 4.39 Å². The second kappa shape index (κ2) is 4.94. The Morgan fingerprint density at radius 2 is 2.22 bits per heavy atom. The number of hydrogen-bond donors (Lipinski definition) is 2. The highest BCUT2D eigenvalue weighted by Gasteiger charge is 2.39. The molecule has 6 heteroatoms. The molecule has 1 amide bonds. The molecule has 0 saturated carbocycles. The van der Waals surface area contributed by atoms with Gasteiger partial charge < -0.3 is 10.4 Å². The summed E-state index contributed by atoms with van der Waals surface area (Å²) in [5.41, 5.74) is 0.374. The van der Waals surface area contributed by atoms with E-state index in [0.717, 1.165) is 0 Å². The molecule has 0 radical (unpaired) electrons. The third-order valence-electron chi connectivity index (χ3n) is 3.06. The van der Waals surface area contributed by atoms with Gasteiger partial charge in [-0.3, -0.25) is 9.59 Å². The molecule has 0 aliphatic carbocycles. The van der Waals surface area contributed by atoms with Gasteiger partial charge in [0.2, 0.25) is 5.91 Å². The van der Waals surface area contributed by atoms with Crippen LogP contribution in [0.5, 0.6) is 0 Å². The minimum atomic E-state index is -1.22. The second-order valence-electron chi connectivity index (χ2n) is 4.17. The highest BCUT2D eigenvalue weighted by Crippen LogP contribution is 2.35. The zero-order valence-electron chi connectivity index (χ0n) is 9.32. The lowest BCUT2D eigenvalue weighted by atomic mass is 9.80. The molecule has 1 saturated heterocycles. The van der Waals surface area contributed by atoms with Crippen molar-refractivity contribution in [3.8, 4) is 0 Å². The third kappa shape index (κ3) is 2.31. The number of benzene rings is 1. The van der Waals surface area contributed by atoms with Gasteiger partial charge in [-0.15, -0.1) is 0 Å². The summed E-state index contributed by atoms with van der Waals surface area (Å²) in [4.78, 5) is 22.7. The first-order valence-electron chi connectivity index (χ1n) is 5.46. The number of rotatable bonds is 2. The fourth-order valence-electron chi connectivity index (χ4n) is 2.23. The van der Waals surface area contributed by atoms with Crippen LogP contribution in [0.1, 0.15) is 17.9 Å². The maximum atomic E-state index is 13.2. The summed E-state index contributed by atoms with van der Waals surface area (Å²) >= 11 is 5.96. The van der Waals surface area contributed by atoms with Gasteiger partial charge in [0.1, 0.15) is 11.7 Å². The molecule has 1 aromatic rings. The highest BCUT2D eigenvalue weighted by molar-refractivity contribution is 6.31. The summed E-state index contributed by atoms with van der Waals surface area (Å²) in [5.74, 6) is -4.10. The molecule has 1 aliphatic rings. The van der Waals surface area contributed by atoms with Crippen molar-refractivity contribution in [2.75, 3.05) is 6.54 Å². The highest BCUT2D eigenvalue weighted by atomic mass is 35.5. The maximum absolute atomic E-state index is 13.2. The van der Waals surface area contributed by atoms with E-state index >= 15 is 0 Å². The van der Waals surface area contributed by atoms with Crippen molar-refractivity contribution in [1.29, 1.82) is 0 Å². The Balaban J connectivity index is 2.43. The van der Waals surface area contributed by atoms with Crippen molar-refractivity contribution in [3.05, 3.63) is 34.6 Å². The van der Waals surface area contributed by atoms with E-state index in [4.69, 9.17) is 16.7 Å². The van der Waals surface area contributed by atoms with E-state index in [-0.39, 0.29) is 5.02 Å². The Morgan fingerprint density at radius 3 is 2.89 bits per heavy atom. The number of piperidine rings is 1. The van der Waals surface area contributed by atoms with Gasteiger partial charge in [0.25, 0.3) is 0 Å². The summed E-state index contributed by atoms with van der Waals surface area (Å²) in [6.45, 7) is 0.361. The van der Waals surface area contributed by atoms with Crippen LogP contribution in [0.2, 0.25) is 5.02 Å². The maximum Gasteiger partial charge on any atom is 0.316 e. The Bertz CT molecular complexity index is 506. The molecule has 1 aliphatic heterocycles. The summed E-state index contributed by atoms with van der Waals surface area (Å²) in [5, 5.41) is 11.9. The molecule has 96 valence electrons. The fourth-order valence-corrected chi connectivity index (χ4v) is 2.49. The van der Waals surface area contributed by atoms with Gasteiger partial charge in [0.05, 0.1) is 0 Å². The van der Waals surface area contributed by atoms with Gasteiger partial charge in [-0.05, 0) is 30.2 Å². The average molecular weight is 272 g/mol. The monoisotopic (exact) mass is 271 g/mol. The van der Waals surface area contributed by atoms with Crippen molar-refractivity contribution >= 4 is 23.5 Å². The number of carboxylic acid groups (broad SMARTS) is 1. The second-order valence-corrected chi connectivity index (χ2v) is 4.58. The SMILES string of the molecule is O=C(O)C1C(=O)NCCC1c1cc(F)ccc1Cl. The largest absolute Gasteiger partial charge is 0.481 e. The molecule has 0 spiro atoms. The smallest absolute Gasteiger partial charge is 0.316 e. The van der Waals surface area contributed by atoms with Crippen molar-refractivity contribution < 1.29 is 19.1 Å². The van der Waals surface area contributed by atoms with Gasteiger partial charge in [-0.1, -0.05) is 11.6 Å². The number of hydrogen-bond acceptors (Lipinski definition) is 2. The van der Waals surface area contributed by atoms with E-state index in [0.29, 0.717) is 18.5 Å². The lowest BCUT2D eigenvalue weighted by Gasteiger charge is -2.29. The fraction of sp³-hybridized carbons (Fsp3) is 0.333. The molecule has 1 heterocycles. The molecule has 2 unspecified atom stereocenters. The molecule has 0 bridgehead atoms. The quantitative estimate of drug-likeness (QED) is 0.806. The summed E-state index contributed by atoms with van der Waals surface area (Å²) in [6.07, 6.45) is 0.423. The number of carboxylic acids is 1. The van der Waals surface area contributed by atoms with Crippen LogP contribution in [0.4, 0.5) is 4.39 Å². The number of amides is 1. The van der Waals surface area contributed by atoms with Crippen LogP contribution < -0.4 is 5.32 Å². The normalized spacial score (nSPS) is 23.6. The first kappa shape index (κ1) is 12.8. The van der Waals surface area contributed by atoms with E-state index in [9.17, 15) is 14.0 Å². The molecule has 18 heavy (non-hydrogen) atoms. The number of carbonyl (C=O) groups excluding carboxylic acids is 1.